The quantitative estimate of drug-likeness (QED) is 0.290. The first kappa shape index (κ1) is 23.8. The van der Waals surface area contributed by atoms with Crippen LogP contribution in [0, 0.1) is 5.92 Å². The second-order valence-electron chi connectivity index (χ2n) is 6.27. The summed E-state index contributed by atoms with van der Waals surface area (Å²) in [6, 6.07) is 10.3. The van der Waals surface area contributed by atoms with Crippen LogP contribution in [0.2, 0.25) is 0 Å². The molecule has 0 amide bonds. The zero-order valence-electron chi connectivity index (χ0n) is 16.4. The van der Waals surface area contributed by atoms with Crippen LogP contribution in [0.5, 0.6) is 0 Å². The van der Waals surface area contributed by atoms with E-state index in [1.807, 2.05) is 18.2 Å². The van der Waals surface area contributed by atoms with Gasteiger partial charge in [-0.2, -0.15) is 0 Å². The lowest BCUT2D eigenvalue weighted by Gasteiger charge is -2.16. The van der Waals surface area contributed by atoms with E-state index in [2.05, 4.69) is 58.9 Å². The molecule has 0 saturated heterocycles. The Morgan fingerprint density at radius 3 is 2.67 bits per heavy atom. The van der Waals surface area contributed by atoms with E-state index in [-0.39, 0.29) is 24.0 Å². The Balaban J connectivity index is 0.00000364. The van der Waals surface area contributed by atoms with Gasteiger partial charge < -0.3 is 15.4 Å². The molecule has 0 aliphatic carbocycles. The van der Waals surface area contributed by atoms with Crippen molar-refractivity contribution in [2.75, 3.05) is 19.7 Å². The number of ether oxygens (including phenoxy) is 1. The van der Waals surface area contributed by atoms with Crippen molar-refractivity contribution in [2.45, 2.75) is 40.3 Å². The highest BCUT2D eigenvalue weighted by molar-refractivity contribution is 14.0. The Hall–Kier alpha value is -1.19. The standard InChI is InChI=1S/C20H30N4OS.HI/c1-4-19-24-18(15-26-19)12-23-20(21-5-2)22-11-16(3)13-25-14-17-9-7-6-8-10-17;/h6-10,15-16H,4-5,11-14H2,1-3H3,(H2,21,22,23);1H. The Bertz CT molecular complexity index is 663. The first-order valence-corrected chi connectivity index (χ1v) is 10.2. The van der Waals surface area contributed by atoms with Crippen LogP contribution in [0.25, 0.3) is 0 Å². The van der Waals surface area contributed by atoms with Gasteiger partial charge in [-0.3, -0.25) is 0 Å². The summed E-state index contributed by atoms with van der Waals surface area (Å²) in [5.74, 6) is 1.22. The van der Waals surface area contributed by atoms with Crippen molar-refractivity contribution < 1.29 is 4.74 Å². The highest BCUT2D eigenvalue weighted by Crippen LogP contribution is 2.10. The summed E-state index contributed by atoms with van der Waals surface area (Å²) in [6.45, 7) is 10.00. The summed E-state index contributed by atoms with van der Waals surface area (Å²) in [5, 5.41) is 9.93. The number of aryl methyl sites for hydroxylation is 1. The molecule has 5 nitrogen and oxygen atoms in total. The number of guanidine groups is 1. The fourth-order valence-corrected chi connectivity index (χ4v) is 3.10. The minimum Gasteiger partial charge on any atom is -0.376 e. The summed E-state index contributed by atoms with van der Waals surface area (Å²) in [6.07, 6.45) is 0.979. The SMILES string of the molecule is CCNC(=NCc1csc(CC)n1)NCC(C)COCc1ccccc1.I. The lowest BCUT2D eigenvalue weighted by molar-refractivity contribution is 0.0931. The second-order valence-corrected chi connectivity index (χ2v) is 7.21. The monoisotopic (exact) mass is 502 g/mol. The third kappa shape index (κ3) is 9.53. The van der Waals surface area contributed by atoms with E-state index in [0.29, 0.717) is 25.7 Å². The fraction of sp³-hybridized carbons (Fsp3) is 0.500. The molecule has 7 heteroatoms. The number of nitrogens with zero attached hydrogens (tertiary/aromatic N) is 2. The van der Waals surface area contributed by atoms with Crippen molar-refractivity contribution in [1.29, 1.82) is 0 Å². The number of halogens is 1. The molecule has 2 N–H and O–H groups in total. The molecule has 2 rings (SSSR count). The maximum absolute atomic E-state index is 5.81. The first-order chi connectivity index (χ1) is 12.7. The number of nitrogens with one attached hydrogen (secondary N) is 2. The van der Waals surface area contributed by atoms with Gasteiger partial charge in [0.1, 0.15) is 0 Å². The summed E-state index contributed by atoms with van der Waals surface area (Å²) in [4.78, 5) is 9.19. The van der Waals surface area contributed by atoms with Crippen LogP contribution in [0.15, 0.2) is 40.7 Å². The highest BCUT2D eigenvalue weighted by atomic mass is 127. The van der Waals surface area contributed by atoms with Crippen LogP contribution < -0.4 is 10.6 Å². The average molecular weight is 502 g/mol. The summed E-state index contributed by atoms with van der Waals surface area (Å²) >= 11 is 1.70. The van der Waals surface area contributed by atoms with Gasteiger partial charge in [0.15, 0.2) is 5.96 Å². The van der Waals surface area contributed by atoms with Crippen LogP contribution in [0.1, 0.15) is 37.0 Å². The van der Waals surface area contributed by atoms with Gasteiger partial charge in [-0.15, -0.1) is 35.3 Å². The topological polar surface area (TPSA) is 58.5 Å². The van der Waals surface area contributed by atoms with Gasteiger partial charge in [0.2, 0.25) is 0 Å². The maximum Gasteiger partial charge on any atom is 0.191 e. The Morgan fingerprint density at radius 2 is 2.00 bits per heavy atom. The van der Waals surface area contributed by atoms with Crippen LogP contribution in [0.3, 0.4) is 0 Å². The van der Waals surface area contributed by atoms with E-state index in [4.69, 9.17) is 4.74 Å². The van der Waals surface area contributed by atoms with Gasteiger partial charge >= 0.3 is 0 Å². The minimum atomic E-state index is 0. The molecule has 2 aromatic rings. The van der Waals surface area contributed by atoms with Crippen molar-refractivity contribution >= 4 is 41.3 Å². The van der Waals surface area contributed by atoms with Gasteiger partial charge in [-0.25, -0.2) is 9.98 Å². The van der Waals surface area contributed by atoms with Crippen molar-refractivity contribution in [3.63, 3.8) is 0 Å². The molecule has 0 aliphatic rings. The number of aliphatic imine (C=N–C) groups is 1. The number of hydrogen-bond donors (Lipinski definition) is 2. The van der Waals surface area contributed by atoms with Crippen LogP contribution >= 0.6 is 35.3 Å². The Labute approximate surface area is 184 Å². The molecule has 1 heterocycles. The molecule has 1 atom stereocenters. The van der Waals surface area contributed by atoms with E-state index >= 15 is 0 Å². The van der Waals surface area contributed by atoms with Gasteiger partial charge in [0, 0.05) is 18.5 Å². The van der Waals surface area contributed by atoms with Crippen molar-refractivity contribution in [2.24, 2.45) is 10.9 Å². The predicted octanol–water partition coefficient (Wildman–Crippen LogP) is 4.23. The van der Waals surface area contributed by atoms with E-state index < -0.39 is 0 Å². The first-order valence-electron chi connectivity index (χ1n) is 9.28. The number of aromatic nitrogens is 1. The molecule has 0 bridgehead atoms. The van der Waals surface area contributed by atoms with E-state index in [9.17, 15) is 0 Å². The fourth-order valence-electron chi connectivity index (χ4n) is 2.37. The molecule has 1 aromatic heterocycles. The molecule has 27 heavy (non-hydrogen) atoms. The Kier molecular flexibility index (Phi) is 12.3. The van der Waals surface area contributed by atoms with Crippen LogP contribution in [-0.4, -0.2) is 30.6 Å². The van der Waals surface area contributed by atoms with E-state index in [1.165, 1.54) is 5.56 Å². The summed E-state index contributed by atoms with van der Waals surface area (Å²) in [7, 11) is 0. The summed E-state index contributed by atoms with van der Waals surface area (Å²) < 4.78 is 5.81. The molecular formula is C20H31IN4OS. The highest BCUT2D eigenvalue weighted by Gasteiger charge is 2.06. The van der Waals surface area contributed by atoms with Gasteiger partial charge in [0.25, 0.3) is 0 Å². The van der Waals surface area contributed by atoms with E-state index in [0.717, 1.165) is 36.2 Å². The third-order valence-corrected chi connectivity index (χ3v) is 4.82. The molecule has 0 fully saturated rings. The smallest absolute Gasteiger partial charge is 0.191 e. The third-order valence-electron chi connectivity index (χ3n) is 3.78. The molecule has 0 saturated carbocycles. The minimum absolute atomic E-state index is 0. The van der Waals surface area contributed by atoms with Crippen molar-refractivity contribution in [3.05, 3.63) is 52.0 Å². The Morgan fingerprint density at radius 1 is 1.22 bits per heavy atom. The van der Waals surface area contributed by atoms with Crippen molar-refractivity contribution in [1.82, 2.24) is 15.6 Å². The number of thiazole rings is 1. The maximum atomic E-state index is 5.81. The predicted molar refractivity (Wildman–Crippen MR) is 125 cm³/mol. The molecule has 0 spiro atoms. The molecule has 0 radical (unpaired) electrons. The van der Waals surface area contributed by atoms with E-state index in [1.54, 1.807) is 11.3 Å². The molecule has 0 aliphatic heterocycles. The van der Waals surface area contributed by atoms with Crippen LogP contribution in [0.4, 0.5) is 0 Å². The zero-order valence-corrected chi connectivity index (χ0v) is 19.6. The molecule has 150 valence electrons. The lowest BCUT2D eigenvalue weighted by atomic mass is 10.2. The number of benzene rings is 1. The molecule has 1 unspecified atom stereocenters. The summed E-state index contributed by atoms with van der Waals surface area (Å²) in [5.41, 5.74) is 2.24. The average Bonchev–Trinajstić information content (AvgIpc) is 3.13. The molecular weight excluding hydrogens is 471 g/mol. The molecule has 1 aromatic carbocycles. The lowest BCUT2D eigenvalue weighted by Crippen LogP contribution is -2.40. The number of hydrogen-bond acceptors (Lipinski definition) is 4. The second kappa shape index (κ2) is 13.9. The van der Waals surface area contributed by atoms with Crippen LogP contribution in [-0.2, 0) is 24.3 Å². The van der Waals surface area contributed by atoms with Crippen molar-refractivity contribution in [3.8, 4) is 0 Å². The number of rotatable bonds is 10. The zero-order chi connectivity index (χ0) is 18.6. The largest absolute Gasteiger partial charge is 0.376 e. The van der Waals surface area contributed by atoms with Gasteiger partial charge in [-0.1, -0.05) is 44.2 Å². The van der Waals surface area contributed by atoms with Gasteiger partial charge in [0.05, 0.1) is 30.5 Å². The normalized spacial score (nSPS) is 12.3. The van der Waals surface area contributed by atoms with Gasteiger partial charge in [-0.05, 0) is 24.8 Å².